The highest BCUT2D eigenvalue weighted by Gasteiger charge is 2.16. The summed E-state index contributed by atoms with van der Waals surface area (Å²) in [5, 5.41) is 7.43. The Bertz CT molecular complexity index is 3800. The van der Waals surface area contributed by atoms with Crippen LogP contribution in [0, 0.1) is 0 Å². The van der Waals surface area contributed by atoms with Gasteiger partial charge in [0.1, 0.15) is 11.2 Å². The maximum Gasteiger partial charge on any atom is 0.136 e. The molecule has 2 heterocycles. The Morgan fingerprint density at radius 2 is 0.687 bits per heavy atom. The summed E-state index contributed by atoms with van der Waals surface area (Å²) >= 11 is 1.86. The van der Waals surface area contributed by atoms with Crippen molar-refractivity contribution in [3.05, 3.63) is 249 Å². The quantitative estimate of drug-likeness (QED) is 0.151. The molecule has 0 aliphatic carbocycles. The molecule has 0 aliphatic rings. The Labute approximate surface area is 392 Å². The van der Waals surface area contributed by atoms with Gasteiger partial charge in [-0.25, -0.2) is 0 Å². The van der Waals surface area contributed by atoms with Gasteiger partial charge in [-0.15, -0.1) is 11.3 Å². The summed E-state index contributed by atoms with van der Waals surface area (Å²) in [7, 11) is 0. The predicted molar refractivity (Wildman–Crippen MR) is 286 cm³/mol. The Balaban J connectivity index is 0.813. The van der Waals surface area contributed by atoms with Crippen molar-refractivity contribution >= 4 is 81.3 Å². The molecule has 0 aliphatic heterocycles. The molecule has 0 fully saturated rings. The predicted octanol–water partition coefficient (Wildman–Crippen LogP) is 18.9. The molecular weight excluding hydrogens is 831 g/mol. The van der Waals surface area contributed by atoms with E-state index in [-0.39, 0.29) is 0 Å². The van der Waals surface area contributed by atoms with Crippen molar-refractivity contribution in [2.24, 2.45) is 0 Å². The maximum atomic E-state index is 6.26. The molecule has 0 saturated carbocycles. The number of anilines is 3. The van der Waals surface area contributed by atoms with E-state index < -0.39 is 0 Å². The van der Waals surface area contributed by atoms with Crippen LogP contribution >= 0.6 is 11.3 Å². The molecule has 0 spiro atoms. The van der Waals surface area contributed by atoms with Crippen molar-refractivity contribution in [2.75, 3.05) is 4.90 Å². The highest BCUT2D eigenvalue weighted by molar-refractivity contribution is 7.25. The average molecular weight is 872 g/mol. The van der Waals surface area contributed by atoms with Crippen LogP contribution < -0.4 is 4.90 Å². The van der Waals surface area contributed by atoms with Gasteiger partial charge in [0.05, 0.1) is 0 Å². The van der Waals surface area contributed by atoms with E-state index in [0.717, 1.165) is 50.1 Å². The Morgan fingerprint density at radius 3 is 1.36 bits per heavy atom. The van der Waals surface area contributed by atoms with Crippen LogP contribution in [0.1, 0.15) is 0 Å². The van der Waals surface area contributed by atoms with Crippen molar-refractivity contribution in [3.63, 3.8) is 0 Å². The van der Waals surface area contributed by atoms with Crippen molar-refractivity contribution < 1.29 is 4.42 Å². The first-order valence-electron chi connectivity index (χ1n) is 22.8. The van der Waals surface area contributed by atoms with Gasteiger partial charge in [-0.2, -0.15) is 0 Å². The fourth-order valence-corrected chi connectivity index (χ4v) is 10.9. The number of para-hydroxylation sites is 1. The van der Waals surface area contributed by atoms with Crippen molar-refractivity contribution in [2.45, 2.75) is 0 Å². The molecule has 0 saturated heterocycles. The fourth-order valence-electron chi connectivity index (χ4n) is 9.77. The molecule has 11 aromatic carbocycles. The molecule has 0 radical (unpaired) electrons. The minimum absolute atomic E-state index is 0.900. The summed E-state index contributed by atoms with van der Waals surface area (Å²) in [5.41, 5.74) is 16.9. The number of hydrogen-bond acceptors (Lipinski definition) is 3. The summed E-state index contributed by atoms with van der Waals surface area (Å²) in [6.07, 6.45) is 0. The lowest BCUT2D eigenvalue weighted by Crippen LogP contribution is -2.09. The van der Waals surface area contributed by atoms with Crippen molar-refractivity contribution in [1.82, 2.24) is 0 Å². The van der Waals surface area contributed by atoms with Crippen LogP contribution in [0.25, 0.3) is 109 Å². The molecule has 0 bridgehead atoms. The largest absolute Gasteiger partial charge is 0.456 e. The van der Waals surface area contributed by atoms with E-state index in [2.05, 4.69) is 241 Å². The number of thiophene rings is 1. The lowest BCUT2D eigenvalue weighted by molar-refractivity contribution is 0.669. The highest BCUT2D eigenvalue weighted by atomic mass is 32.1. The van der Waals surface area contributed by atoms with E-state index in [1.165, 1.54) is 75.5 Å². The molecule has 0 N–H and O–H groups in total. The maximum absolute atomic E-state index is 6.26. The first kappa shape index (κ1) is 38.9. The third kappa shape index (κ3) is 7.14. The van der Waals surface area contributed by atoms with E-state index in [1.54, 1.807) is 0 Å². The van der Waals surface area contributed by atoms with E-state index in [1.807, 2.05) is 23.5 Å². The van der Waals surface area contributed by atoms with Crippen LogP contribution in [0.15, 0.2) is 253 Å². The zero-order valence-corrected chi connectivity index (χ0v) is 37.3. The van der Waals surface area contributed by atoms with E-state index in [0.29, 0.717) is 0 Å². The second kappa shape index (κ2) is 16.2. The van der Waals surface area contributed by atoms with Crippen LogP contribution in [0.3, 0.4) is 0 Å². The number of hydrogen-bond donors (Lipinski definition) is 0. The minimum atomic E-state index is 0.900. The van der Waals surface area contributed by atoms with Crippen LogP contribution in [0.2, 0.25) is 0 Å². The number of fused-ring (bicyclic) bond motifs is 7. The molecule has 13 rings (SSSR count). The van der Waals surface area contributed by atoms with Gasteiger partial charge in [-0.1, -0.05) is 170 Å². The van der Waals surface area contributed by atoms with Gasteiger partial charge in [0, 0.05) is 48.0 Å². The molecule has 0 atom stereocenters. The molecular formula is C64H41NOS. The van der Waals surface area contributed by atoms with Gasteiger partial charge in [0.2, 0.25) is 0 Å². The van der Waals surface area contributed by atoms with Gasteiger partial charge in [-0.3, -0.25) is 0 Å². The Morgan fingerprint density at radius 1 is 0.254 bits per heavy atom. The summed E-state index contributed by atoms with van der Waals surface area (Å²) < 4.78 is 8.89. The van der Waals surface area contributed by atoms with E-state index >= 15 is 0 Å². The summed E-state index contributed by atoms with van der Waals surface area (Å²) in [6, 6.07) is 90.2. The number of benzene rings is 11. The number of nitrogens with zero attached hydrogens (tertiary/aromatic N) is 1. The topological polar surface area (TPSA) is 16.4 Å². The zero-order chi connectivity index (χ0) is 44.3. The first-order valence-corrected chi connectivity index (χ1v) is 23.6. The van der Waals surface area contributed by atoms with Crippen molar-refractivity contribution in [3.8, 4) is 55.6 Å². The molecule has 0 unspecified atom stereocenters. The van der Waals surface area contributed by atoms with Crippen LogP contribution in [0.4, 0.5) is 17.1 Å². The lowest BCUT2D eigenvalue weighted by atomic mass is 9.96. The third-order valence-corrected chi connectivity index (χ3v) is 14.4. The first-order chi connectivity index (χ1) is 33.1. The summed E-state index contributed by atoms with van der Waals surface area (Å²) in [4.78, 5) is 2.35. The third-order valence-electron chi connectivity index (χ3n) is 13.3. The lowest BCUT2D eigenvalue weighted by Gasteiger charge is -2.26. The van der Waals surface area contributed by atoms with Gasteiger partial charge in [0.25, 0.3) is 0 Å². The molecule has 0 amide bonds. The fraction of sp³-hybridized carbons (Fsp3) is 0. The Kier molecular flexibility index (Phi) is 9.40. The number of furan rings is 1. The van der Waals surface area contributed by atoms with Crippen LogP contribution in [0.5, 0.6) is 0 Å². The molecule has 67 heavy (non-hydrogen) atoms. The number of rotatable bonds is 8. The van der Waals surface area contributed by atoms with Crippen molar-refractivity contribution in [1.29, 1.82) is 0 Å². The van der Waals surface area contributed by atoms with Gasteiger partial charge >= 0.3 is 0 Å². The second-order valence-electron chi connectivity index (χ2n) is 17.3. The standard InChI is InChI=1S/C64H41NOS/c1-2-9-48-39-51(21-20-42(48)8-1)50-11-7-10-49(38-50)45-18-16-43(17-19-45)44-22-30-54(31-23-44)65(55-32-24-46(25-33-55)52-28-36-58-57-12-3-5-14-61(57)66-62(58)40-52)56-34-26-47(27-35-56)53-29-37-60-59-13-4-6-15-63(59)67-64(60)41-53/h1-41H. The highest BCUT2D eigenvalue weighted by Crippen LogP contribution is 2.41. The Hall–Kier alpha value is -8.50. The second-order valence-corrected chi connectivity index (χ2v) is 18.4. The monoisotopic (exact) mass is 871 g/mol. The molecule has 2 aromatic heterocycles. The average Bonchev–Trinajstić information content (AvgIpc) is 3.97. The van der Waals surface area contributed by atoms with Crippen LogP contribution in [-0.4, -0.2) is 0 Å². The molecule has 13 aromatic rings. The molecule has 314 valence electrons. The van der Waals surface area contributed by atoms with Crippen LogP contribution in [-0.2, 0) is 0 Å². The molecule has 2 nitrogen and oxygen atoms in total. The summed E-state index contributed by atoms with van der Waals surface area (Å²) in [6.45, 7) is 0. The van der Waals surface area contributed by atoms with Gasteiger partial charge in [-0.05, 0) is 145 Å². The molecule has 3 heteroatoms. The van der Waals surface area contributed by atoms with E-state index in [4.69, 9.17) is 4.42 Å². The normalized spacial score (nSPS) is 11.6. The minimum Gasteiger partial charge on any atom is -0.456 e. The summed E-state index contributed by atoms with van der Waals surface area (Å²) in [5.74, 6) is 0. The smallest absolute Gasteiger partial charge is 0.136 e. The zero-order valence-electron chi connectivity index (χ0n) is 36.4. The SMILES string of the molecule is c1cc(-c2ccc(-c3ccc(N(c4ccc(-c5ccc6c(c5)oc5ccccc56)cc4)c4ccc(-c5ccc6c(c5)sc5ccccc56)cc4)cc3)cc2)cc(-c2ccc3ccccc3c2)c1. The van der Waals surface area contributed by atoms with Gasteiger partial charge < -0.3 is 9.32 Å². The van der Waals surface area contributed by atoms with Gasteiger partial charge in [0.15, 0.2) is 0 Å². The van der Waals surface area contributed by atoms with E-state index in [9.17, 15) is 0 Å².